The van der Waals surface area contributed by atoms with Gasteiger partial charge in [-0.1, -0.05) is 42.5 Å². The molecule has 0 unspecified atom stereocenters. The summed E-state index contributed by atoms with van der Waals surface area (Å²) in [4.78, 5) is 18.8. The van der Waals surface area contributed by atoms with Gasteiger partial charge in [0.05, 0.1) is 5.69 Å². The van der Waals surface area contributed by atoms with Crippen LogP contribution in [0, 0.1) is 19.7 Å². The second-order valence-corrected chi connectivity index (χ2v) is 8.44. The molecule has 1 heterocycles. The van der Waals surface area contributed by atoms with E-state index < -0.39 is 0 Å². The number of carbonyl (C=O) groups is 1. The van der Waals surface area contributed by atoms with E-state index in [4.69, 9.17) is 0 Å². The summed E-state index contributed by atoms with van der Waals surface area (Å²) < 4.78 is 14.5. The molecule has 0 radical (unpaired) electrons. The summed E-state index contributed by atoms with van der Waals surface area (Å²) >= 11 is 0. The summed E-state index contributed by atoms with van der Waals surface area (Å²) in [6.45, 7) is 17.8. The molecule has 3 nitrogen and oxygen atoms in total. The molecule has 2 aromatic rings. The van der Waals surface area contributed by atoms with Gasteiger partial charge in [-0.15, -0.1) is 0 Å². The van der Waals surface area contributed by atoms with Gasteiger partial charge in [-0.2, -0.15) is 0 Å². The number of hydrogen-bond acceptors (Lipinski definition) is 2. The van der Waals surface area contributed by atoms with Crippen LogP contribution in [-0.4, -0.2) is 22.8 Å². The molecule has 0 N–H and O–H groups in total. The van der Waals surface area contributed by atoms with E-state index in [2.05, 4.69) is 24.2 Å². The van der Waals surface area contributed by atoms with Crippen molar-refractivity contribution in [2.24, 2.45) is 0 Å². The van der Waals surface area contributed by atoms with E-state index in [9.17, 15) is 9.18 Å². The number of pyridine rings is 1. The summed E-state index contributed by atoms with van der Waals surface area (Å²) in [6.07, 6.45) is 8.27. The molecule has 1 aromatic carbocycles. The van der Waals surface area contributed by atoms with E-state index in [0.29, 0.717) is 17.6 Å². The quantitative estimate of drug-likeness (QED) is 0.347. The third-order valence-electron chi connectivity index (χ3n) is 5.29. The number of likely N-dealkylation sites (N-methyl/N-ethyl adjacent to an activating group) is 1. The molecule has 0 fully saturated rings. The van der Waals surface area contributed by atoms with Gasteiger partial charge in [0.2, 0.25) is 0 Å². The molecule has 2 rings (SSSR count). The van der Waals surface area contributed by atoms with Gasteiger partial charge in [0.15, 0.2) is 0 Å². The van der Waals surface area contributed by atoms with E-state index in [1.165, 1.54) is 11.0 Å². The van der Waals surface area contributed by atoms with Crippen LogP contribution in [0.1, 0.15) is 54.3 Å². The third kappa shape index (κ3) is 6.36. The Morgan fingerprint density at radius 1 is 1.16 bits per heavy atom. The van der Waals surface area contributed by atoms with Crippen LogP contribution < -0.4 is 0 Å². The van der Waals surface area contributed by atoms with E-state index in [-0.39, 0.29) is 18.3 Å². The lowest BCUT2D eigenvalue weighted by molar-refractivity contribution is -0.126. The maximum absolute atomic E-state index is 14.5. The van der Waals surface area contributed by atoms with Gasteiger partial charge < -0.3 is 4.90 Å². The molecule has 4 heteroatoms. The van der Waals surface area contributed by atoms with E-state index in [1.807, 2.05) is 53.0 Å². The van der Waals surface area contributed by atoms with Crippen LogP contribution in [0.15, 0.2) is 60.9 Å². The fourth-order valence-electron chi connectivity index (χ4n) is 3.68. The fourth-order valence-corrected chi connectivity index (χ4v) is 3.68. The van der Waals surface area contributed by atoms with Gasteiger partial charge in [0.25, 0.3) is 5.91 Å². The van der Waals surface area contributed by atoms with Crippen molar-refractivity contribution in [3.8, 4) is 0 Å². The summed E-state index contributed by atoms with van der Waals surface area (Å²) in [5, 5.41) is 0. The van der Waals surface area contributed by atoms with Crippen molar-refractivity contribution in [3.05, 3.63) is 100 Å². The van der Waals surface area contributed by atoms with Gasteiger partial charge in [0, 0.05) is 30.9 Å². The fraction of sp³-hybridized carbons (Fsp3) is 0.286. The Morgan fingerprint density at radius 3 is 2.44 bits per heavy atom. The molecule has 0 bridgehead atoms. The molecular formula is C28H33FN2O. The standard InChI is InChI=1S/C28H33FN2O/c1-9-10-27-21(6)13-23(16-30-27)12-19(4)11-22(7)28(32)31(8)17-24-15-25(18(2)3)20(5)14-26(24)29/h9-11,13-16H,2,7,12,17H2,1,3-6,8H3/b10-9-,19-11+. The minimum absolute atomic E-state index is 0.159. The Labute approximate surface area is 191 Å². The van der Waals surface area contributed by atoms with Crippen LogP contribution in [0.25, 0.3) is 11.6 Å². The Morgan fingerprint density at radius 2 is 1.84 bits per heavy atom. The predicted molar refractivity (Wildman–Crippen MR) is 133 cm³/mol. The SMILES string of the molecule is C=C(/C=C(\C)Cc1cnc(/C=C\C)c(C)c1)C(=O)N(C)Cc1cc(C(=C)C)c(C)cc1F. The Bertz CT molecular complexity index is 1110. The number of aromatic nitrogens is 1. The maximum atomic E-state index is 14.5. The van der Waals surface area contributed by atoms with Crippen LogP contribution in [0.3, 0.4) is 0 Å². The number of nitrogens with zero attached hydrogens (tertiary/aromatic N) is 2. The maximum Gasteiger partial charge on any atom is 0.253 e. The van der Waals surface area contributed by atoms with Crippen molar-refractivity contribution in [3.63, 3.8) is 0 Å². The smallest absolute Gasteiger partial charge is 0.253 e. The Kier molecular flexibility index (Phi) is 8.48. The zero-order valence-corrected chi connectivity index (χ0v) is 20.1. The van der Waals surface area contributed by atoms with Crippen molar-refractivity contribution < 1.29 is 9.18 Å². The normalized spacial score (nSPS) is 11.7. The molecule has 0 spiro atoms. The lowest BCUT2D eigenvalue weighted by Crippen LogP contribution is -2.27. The van der Waals surface area contributed by atoms with Crippen molar-refractivity contribution in [2.75, 3.05) is 7.05 Å². The molecule has 0 aliphatic carbocycles. The molecule has 1 aromatic heterocycles. The number of rotatable bonds is 8. The Balaban J connectivity index is 2.10. The van der Waals surface area contributed by atoms with Crippen LogP contribution in [0.2, 0.25) is 0 Å². The van der Waals surface area contributed by atoms with Crippen molar-refractivity contribution in [1.82, 2.24) is 9.88 Å². The largest absolute Gasteiger partial charge is 0.337 e. The second-order valence-electron chi connectivity index (χ2n) is 8.44. The molecule has 1 amide bonds. The molecule has 0 aliphatic heterocycles. The van der Waals surface area contributed by atoms with Crippen molar-refractivity contribution >= 4 is 17.6 Å². The molecular weight excluding hydrogens is 399 g/mol. The van der Waals surface area contributed by atoms with Crippen molar-refractivity contribution in [1.29, 1.82) is 0 Å². The average Bonchev–Trinajstić information content (AvgIpc) is 2.71. The van der Waals surface area contributed by atoms with Gasteiger partial charge in [-0.3, -0.25) is 9.78 Å². The van der Waals surface area contributed by atoms with E-state index in [1.54, 1.807) is 19.2 Å². The number of aryl methyl sites for hydroxylation is 2. The minimum atomic E-state index is -0.325. The highest BCUT2D eigenvalue weighted by Crippen LogP contribution is 2.23. The highest BCUT2D eigenvalue weighted by Gasteiger charge is 2.16. The van der Waals surface area contributed by atoms with Crippen LogP contribution >= 0.6 is 0 Å². The van der Waals surface area contributed by atoms with Crippen LogP contribution in [0.5, 0.6) is 0 Å². The summed E-state index contributed by atoms with van der Waals surface area (Å²) in [6, 6.07) is 5.37. The van der Waals surface area contributed by atoms with Gasteiger partial charge in [-0.25, -0.2) is 4.39 Å². The monoisotopic (exact) mass is 432 g/mol. The molecule has 0 atom stereocenters. The third-order valence-corrected chi connectivity index (χ3v) is 5.29. The zero-order chi connectivity index (χ0) is 24.0. The first-order valence-electron chi connectivity index (χ1n) is 10.7. The highest BCUT2D eigenvalue weighted by molar-refractivity contribution is 5.95. The molecule has 0 saturated heterocycles. The van der Waals surface area contributed by atoms with E-state index in [0.717, 1.165) is 39.1 Å². The van der Waals surface area contributed by atoms with Gasteiger partial charge in [0.1, 0.15) is 5.82 Å². The first-order chi connectivity index (χ1) is 15.0. The molecule has 32 heavy (non-hydrogen) atoms. The number of benzene rings is 1. The van der Waals surface area contributed by atoms with E-state index >= 15 is 0 Å². The molecule has 0 saturated carbocycles. The summed E-state index contributed by atoms with van der Waals surface area (Å²) in [5.41, 5.74) is 7.57. The highest BCUT2D eigenvalue weighted by atomic mass is 19.1. The van der Waals surface area contributed by atoms with Crippen molar-refractivity contribution in [2.45, 2.75) is 47.6 Å². The predicted octanol–water partition coefficient (Wildman–Crippen LogP) is 6.61. The lowest BCUT2D eigenvalue weighted by atomic mass is 9.99. The summed E-state index contributed by atoms with van der Waals surface area (Å²) in [5.74, 6) is -0.562. The first kappa shape index (κ1) is 25.0. The minimum Gasteiger partial charge on any atom is -0.337 e. The molecule has 168 valence electrons. The first-order valence-corrected chi connectivity index (χ1v) is 10.7. The summed E-state index contributed by atoms with van der Waals surface area (Å²) in [7, 11) is 1.66. The molecule has 0 aliphatic rings. The van der Waals surface area contributed by atoms with Gasteiger partial charge >= 0.3 is 0 Å². The Hall–Kier alpha value is -3.27. The number of hydrogen-bond donors (Lipinski definition) is 0. The van der Waals surface area contributed by atoms with Gasteiger partial charge in [-0.05, 0) is 81.5 Å². The number of allylic oxidation sites excluding steroid dienone is 3. The second kappa shape index (κ2) is 10.9. The number of amides is 1. The van der Waals surface area contributed by atoms with Crippen LogP contribution in [-0.2, 0) is 17.8 Å². The average molecular weight is 433 g/mol. The number of halogens is 1. The lowest BCUT2D eigenvalue weighted by Gasteiger charge is -2.19. The van der Waals surface area contributed by atoms with Crippen LogP contribution in [0.4, 0.5) is 4.39 Å². The zero-order valence-electron chi connectivity index (χ0n) is 20.1. The number of carbonyl (C=O) groups excluding carboxylic acids is 1. The topological polar surface area (TPSA) is 33.2 Å².